The molecule has 0 radical (unpaired) electrons. The Kier molecular flexibility index (Phi) is 7.10. The van der Waals surface area contributed by atoms with Crippen molar-refractivity contribution in [2.24, 2.45) is 0 Å². The maximum absolute atomic E-state index is 15.7. The summed E-state index contributed by atoms with van der Waals surface area (Å²) >= 11 is 0. The third-order valence-electron chi connectivity index (χ3n) is 9.93. The molecule has 0 saturated heterocycles. The average molecular weight is 702 g/mol. The Bertz CT molecular complexity index is 2950. The molecule has 0 atom stereocenters. The zero-order valence-electron chi connectivity index (χ0n) is 28.3. The highest BCUT2D eigenvalue weighted by atomic mass is 19.1. The van der Waals surface area contributed by atoms with Gasteiger partial charge in [0, 0.05) is 57.5 Å². The minimum absolute atomic E-state index is 0.182. The Balaban J connectivity index is 1.32. The summed E-state index contributed by atoms with van der Waals surface area (Å²) in [5, 5.41) is 14.9. The van der Waals surface area contributed by atoms with Crippen LogP contribution in [0.1, 0.15) is 5.56 Å². The fourth-order valence-electron chi connectivity index (χ4n) is 7.64. The summed E-state index contributed by atoms with van der Waals surface area (Å²) in [6.07, 6.45) is 6.81. The highest BCUT2D eigenvalue weighted by Crippen LogP contribution is 2.42. The van der Waals surface area contributed by atoms with E-state index in [0.29, 0.717) is 28.6 Å². The van der Waals surface area contributed by atoms with Crippen molar-refractivity contribution in [1.29, 1.82) is 5.26 Å². The van der Waals surface area contributed by atoms with Gasteiger partial charge in [0.2, 0.25) is 0 Å². The lowest BCUT2D eigenvalue weighted by Crippen LogP contribution is -2.06. The highest BCUT2D eigenvalue weighted by molar-refractivity contribution is 6.12. The van der Waals surface area contributed by atoms with Gasteiger partial charge in [-0.15, -0.1) is 0 Å². The van der Waals surface area contributed by atoms with Crippen molar-refractivity contribution < 1.29 is 8.78 Å². The summed E-state index contributed by atoms with van der Waals surface area (Å²) in [5.74, 6) is -0.245. The minimum atomic E-state index is -0.707. The predicted octanol–water partition coefficient (Wildman–Crippen LogP) is 10.6. The first-order valence-electron chi connectivity index (χ1n) is 17.2. The van der Waals surface area contributed by atoms with E-state index in [1.807, 2.05) is 94.1 Å². The summed E-state index contributed by atoms with van der Waals surface area (Å²) < 4.78 is 35.5. The molecule has 6 aromatic carbocycles. The smallest absolute Gasteiger partial charge is 0.159 e. The number of nitriles is 1. The Hall–Kier alpha value is -7.57. The number of nitrogens with zero attached hydrogens (tertiary/aromatic N) is 7. The Labute approximate surface area is 306 Å². The molecular weight excluding hydrogens is 677 g/mol. The largest absolute Gasteiger partial charge is 0.308 e. The number of rotatable bonds is 5. The number of hydrogen-bond donors (Lipinski definition) is 0. The fraction of sp³-hybridized carbons (Fsp3) is 0. The van der Waals surface area contributed by atoms with Crippen LogP contribution >= 0.6 is 0 Å². The van der Waals surface area contributed by atoms with Crippen LogP contribution in [0.2, 0.25) is 0 Å². The van der Waals surface area contributed by atoms with Crippen molar-refractivity contribution in [3.63, 3.8) is 0 Å². The topological polar surface area (TPSA) is 85.2 Å². The van der Waals surface area contributed by atoms with Gasteiger partial charge in [0.05, 0.1) is 39.0 Å². The number of aromatic nitrogens is 6. The molecule has 0 spiro atoms. The molecule has 0 fully saturated rings. The second-order valence-corrected chi connectivity index (χ2v) is 12.9. The molecular formula is C45H25F2N7. The van der Waals surface area contributed by atoms with E-state index in [4.69, 9.17) is 0 Å². The van der Waals surface area contributed by atoms with Crippen LogP contribution < -0.4 is 0 Å². The molecule has 0 bridgehead atoms. The van der Waals surface area contributed by atoms with E-state index < -0.39 is 11.6 Å². The molecule has 54 heavy (non-hydrogen) atoms. The Morgan fingerprint density at radius 3 is 1.35 bits per heavy atom. The van der Waals surface area contributed by atoms with Gasteiger partial charge in [0.1, 0.15) is 23.3 Å². The summed E-state index contributed by atoms with van der Waals surface area (Å²) in [4.78, 5) is 17.8. The van der Waals surface area contributed by atoms with Crippen LogP contribution in [0.5, 0.6) is 0 Å². The Morgan fingerprint density at radius 2 is 0.889 bits per heavy atom. The number of benzene rings is 6. The van der Waals surface area contributed by atoms with Crippen LogP contribution in [0.3, 0.4) is 0 Å². The second kappa shape index (κ2) is 12.3. The van der Waals surface area contributed by atoms with Gasteiger partial charge in [0.25, 0.3) is 0 Å². The Morgan fingerprint density at radius 1 is 0.444 bits per heavy atom. The van der Waals surface area contributed by atoms with Crippen molar-refractivity contribution in [3.05, 3.63) is 169 Å². The molecule has 10 aromatic rings. The van der Waals surface area contributed by atoms with Gasteiger partial charge in [-0.1, -0.05) is 42.5 Å². The van der Waals surface area contributed by atoms with Crippen LogP contribution in [0.15, 0.2) is 152 Å². The van der Waals surface area contributed by atoms with Crippen LogP contribution in [0.25, 0.3) is 88.9 Å². The molecule has 4 heterocycles. The first-order chi connectivity index (χ1) is 26.6. The lowest BCUT2D eigenvalue weighted by Gasteiger charge is -2.19. The molecule has 0 aliphatic heterocycles. The molecule has 0 amide bonds. The van der Waals surface area contributed by atoms with Crippen molar-refractivity contribution in [1.82, 2.24) is 29.1 Å². The molecule has 0 saturated carbocycles. The van der Waals surface area contributed by atoms with E-state index in [0.717, 1.165) is 54.7 Å². The highest BCUT2D eigenvalue weighted by Gasteiger charge is 2.24. The van der Waals surface area contributed by atoms with E-state index in [9.17, 15) is 5.26 Å². The van der Waals surface area contributed by atoms with E-state index in [1.54, 1.807) is 49.1 Å². The molecule has 0 aliphatic rings. The summed E-state index contributed by atoms with van der Waals surface area (Å²) in [6, 6.07) is 41.1. The zero-order valence-corrected chi connectivity index (χ0v) is 28.3. The number of halogens is 2. The fourth-order valence-corrected chi connectivity index (χ4v) is 7.64. The number of fused-ring (bicyclic) bond motifs is 6. The van der Waals surface area contributed by atoms with Gasteiger partial charge < -0.3 is 9.13 Å². The monoisotopic (exact) mass is 701 g/mol. The molecule has 4 aromatic heterocycles. The van der Waals surface area contributed by atoms with Gasteiger partial charge in [-0.2, -0.15) is 5.26 Å². The third-order valence-corrected chi connectivity index (χ3v) is 9.93. The summed E-state index contributed by atoms with van der Waals surface area (Å²) in [6.45, 7) is 0. The molecule has 254 valence electrons. The van der Waals surface area contributed by atoms with Crippen LogP contribution in [0, 0.1) is 23.0 Å². The van der Waals surface area contributed by atoms with Crippen molar-refractivity contribution in [2.75, 3.05) is 0 Å². The zero-order chi connectivity index (χ0) is 36.3. The van der Waals surface area contributed by atoms with Crippen molar-refractivity contribution in [3.8, 4) is 51.3 Å². The van der Waals surface area contributed by atoms with Gasteiger partial charge in [-0.25, -0.2) is 28.7 Å². The second-order valence-electron chi connectivity index (χ2n) is 12.9. The molecule has 0 aliphatic carbocycles. The van der Waals surface area contributed by atoms with Crippen LogP contribution in [-0.2, 0) is 0 Å². The third kappa shape index (κ3) is 4.78. The molecule has 9 heteroatoms. The minimum Gasteiger partial charge on any atom is -0.308 e. The molecule has 0 N–H and O–H groups in total. The van der Waals surface area contributed by atoms with Gasteiger partial charge in [0.15, 0.2) is 11.6 Å². The molecule has 0 unspecified atom stereocenters. The van der Waals surface area contributed by atoms with Crippen molar-refractivity contribution >= 4 is 43.6 Å². The maximum atomic E-state index is 15.7. The van der Waals surface area contributed by atoms with E-state index in [1.165, 1.54) is 18.2 Å². The number of para-hydroxylation sites is 2. The lowest BCUT2D eigenvalue weighted by atomic mass is 9.99. The maximum Gasteiger partial charge on any atom is 0.159 e. The predicted molar refractivity (Wildman–Crippen MR) is 207 cm³/mol. The summed E-state index contributed by atoms with van der Waals surface area (Å²) in [5.41, 5.74) is 6.30. The van der Waals surface area contributed by atoms with Gasteiger partial charge >= 0.3 is 0 Å². The standard InChI is InChI=1S/C45H25F2N7/c46-35-10-5-11-36(47)43(35)29-24-41(53-37-12-3-1-8-30(37)32-22-27(14-16-39(32)53)44-49-18-6-19-50-44)34(26-48)42(25-29)54-38-13-4-2-9-31(38)33-23-28(15-17-40(33)54)45-51-20-7-21-52-45/h1-25H. The quantitative estimate of drug-likeness (QED) is 0.178. The average Bonchev–Trinajstić information content (AvgIpc) is 3.73. The van der Waals surface area contributed by atoms with Gasteiger partial charge in [-0.3, -0.25) is 0 Å². The van der Waals surface area contributed by atoms with E-state index >= 15 is 8.78 Å². The normalized spacial score (nSPS) is 11.5. The first-order valence-corrected chi connectivity index (χ1v) is 17.2. The molecule has 7 nitrogen and oxygen atoms in total. The van der Waals surface area contributed by atoms with Gasteiger partial charge in [-0.05, 0) is 90.5 Å². The lowest BCUT2D eigenvalue weighted by molar-refractivity contribution is 0.589. The SMILES string of the molecule is N#Cc1c(-n2c3ccccc3c3cc(-c4ncccn4)ccc32)cc(-c2c(F)cccc2F)cc1-n1c2ccccc2c2cc(-c3ncccn3)ccc21. The summed E-state index contributed by atoms with van der Waals surface area (Å²) in [7, 11) is 0. The van der Waals surface area contributed by atoms with E-state index in [-0.39, 0.29) is 11.1 Å². The van der Waals surface area contributed by atoms with Crippen LogP contribution in [0.4, 0.5) is 8.78 Å². The first kappa shape index (κ1) is 31.2. The number of hydrogen-bond acceptors (Lipinski definition) is 5. The van der Waals surface area contributed by atoms with Crippen molar-refractivity contribution in [2.45, 2.75) is 0 Å². The molecule has 10 rings (SSSR count). The van der Waals surface area contributed by atoms with Crippen LogP contribution in [-0.4, -0.2) is 29.1 Å². The van der Waals surface area contributed by atoms with E-state index in [2.05, 4.69) is 26.0 Å².